The maximum absolute atomic E-state index is 13.1. The second-order valence-electron chi connectivity index (χ2n) is 6.70. The van der Waals surface area contributed by atoms with E-state index in [9.17, 15) is 26.1 Å². The van der Waals surface area contributed by atoms with E-state index in [1.165, 1.54) is 32.1 Å². The predicted octanol–water partition coefficient (Wildman–Crippen LogP) is 6.07. The van der Waals surface area contributed by atoms with Crippen LogP contribution in [0.15, 0.2) is 23.1 Å². The van der Waals surface area contributed by atoms with Crippen LogP contribution in [0.25, 0.3) is 0 Å². The Hall–Kier alpha value is -1.08. The molecule has 0 heterocycles. The highest BCUT2D eigenvalue weighted by Gasteiger charge is 2.33. The molecule has 0 atom stereocenters. The minimum Gasteiger partial charge on any atom is -0.744 e. The summed E-state index contributed by atoms with van der Waals surface area (Å²) in [4.78, 5) is -0.836. The van der Waals surface area contributed by atoms with Gasteiger partial charge in [0.2, 0.25) is 0 Å². The molecular formula is C19H28F3O3S-. The molecule has 0 radical (unpaired) electrons. The maximum Gasteiger partial charge on any atom is 0.416 e. The number of benzene rings is 1. The molecule has 0 bridgehead atoms. The Balaban J connectivity index is 2.45. The zero-order valence-corrected chi connectivity index (χ0v) is 16.1. The third-order valence-corrected chi connectivity index (χ3v) is 5.31. The van der Waals surface area contributed by atoms with Crippen LogP contribution >= 0.6 is 0 Å². The fraction of sp³-hybridized carbons (Fsp3) is 0.684. The van der Waals surface area contributed by atoms with Crippen LogP contribution in [0.2, 0.25) is 0 Å². The molecule has 0 spiro atoms. The van der Waals surface area contributed by atoms with Gasteiger partial charge in [-0.2, -0.15) is 13.2 Å². The van der Waals surface area contributed by atoms with Crippen molar-refractivity contribution in [2.45, 2.75) is 88.6 Å². The van der Waals surface area contributed by atoms with Crippen LogP contribution in [-0.2, 0) is 22.7 Å². The number of hydrogen-bond acceptors (Lipinski definition) is 3. The molecule has 3 nitrogen and oxygen atoms in total. The Bertz CT molecular complexity index is 640. The molecule has 0 saturated heterocycles. The molecule has 0 aromatic heterocycles. The maximum atomic E-state index is 13.1. The van der Waals surface area contributed by atoms with Crippen molar-refractivity contribution in [2.24, 2.45) is 0 Å². The molecule has 7 heteroatoms. The van der Waals surface area contributed by atoms with Gasteiger partial charge in [-0.25, -0.2) is 8.42 Å². The number of rotatable bonds is 12. The molecule has 1 aromatic carbocycles. The molecule has 0 fully saturated rings. The van der Waals surface area contributed by atoms with E-state index in [1.807, 2.05) is 0 Å². The highest BCUT2D eigenvalue weighted by Crippen LogP contribution is 2.34. The summed E-state index contributed by atoms with van der Waals surface area (Å²) in [5.41, 5.74) is -0.977. The Kier molecular flexibility index (Phi) is 9.64. The van der Waals surface area contributed by atoms with Crippen molar-refractivity contribution < 1.29 is 26.1 Å². The molecule has 1 rings (SSSR count). The first-order chi connectivity index (χ1) is 12.2. The van der Waals surface area contributed by atoms with Crippen LogP contribution in [0.4, 0.5) is 13.2 Å². The van der Waals surface area contributed by atoms with E-state index in [-0.39, 0.29) is 12.0 Å². The first-order valence-corrected chi connectivity index (χ1v) is 10.7. The van der Waals surface area contributed by atoms with Crippen LogP contribution in [0.1, 0.15) is 82.3 Å². The van der Waals surface area contributed by atoms with E-state index in [0.717, 1.165) is 37.8 Å². The van der Waals surface area contributed by atoms with E-state index in [4.69, 9.17) is 0 Å². The molecule has 26 heavy (non-hydrogen) atoms. The third kappa shape index (κ3) is 8.54. The standard InChI is InChI=1S/C19H29F3O3S/c1-2-3-4-5-6-7-8-9-10-11-12-16-13-14-17(26(23,24)25)15-18(16)19(20,21)22/h13-15H,2-12H2,1H3,(H,23,24,25)/p-1. The van der Waals surface area contributed by atoms with Crippen LogP contribution < -0.4 is 0 Å². The van der Waals surface area contributed by atoms with Crippen molar-refractivity contribution in [2.75, 3.05) is 0 Å². The van der Waals surface area contributed by atoms with Crippen LogP contribution in [0.5, 0.6) is 0 Å². The fourth-order valence-electron chi connectivity index (χ4n) is 3.00. The van der Waals surface area contributed by atoms with Gasteiger partial charge >= 0.3 is 6.18 Å². The van der Waals surface area contributed by atoms with Gasteiger partial charge in [-0.05, 0) is 30.5 Å². The van der Waals surface area contributed by atoms with Crippen molar-refractivity contribution in [1.29, 1.82) is 0 Å². The predicted molar refractivity (Wildman–Crippen MR) is 95.0 cm³/mol. The van der Waals surface area contributed by atoms with E-state index >= 15 is 0 Å². The monoisotopic (exact) mass is 393 g/mol. The molecule has 0 aliphatic rings. The van der Waals surface area contributed by atoms with E-state index < -0.39 is 26.8 Å². The lowest BCUT2D eigenvalue weighted by atomic mass is 9.99. The summed E-state index contributed by atoms with van der Waals surface area (Å²) < 4.78 is 72.2. The highest BCUT2D eigenvalue weighted by atomic mass is 32.2. The number of unbranched alkanes of at least 4 members (excludes halogenated alkanes) is 9. The lowest BCUT2D eigenvalue weighted by Crippen LogP contribution is -2.11. The van der Waals surface area contributed by atoms with Gasteiger partial charge in [0.15, 0.2) is 0 Å². The molecule has 0 unspecified atom stereocenters. The summed E-state index contributed by atoms with van der Waals surface area (Å²) >= 11 is 0. The van der Waals surface area contributed by atoms with Gasteiger partial charge in [0.1, 0.15) is 10.1 Å². The summed E-state index contributed by atoms with van der Waals surface area (Å²) in [7, 11) is -4.90. The molecule has 1 aromatic rings. The molecule has 0 saturated carbocycles. The van der Waals surface area contributed by atoms with Crippen LogP contribution in [-0.4, -0.2) is 13.0 Å². The first kappa shape index (κ1) is 23.0. The Morgan fingerprint density at radius 1 is 0.885 bits per heavy atom. The smallest absolute Gasteiger partial charge is 0.416 e. The zero-order chi connectivity index (χ0) is 19.6. The fourth-order valence-corrected chi connectivity index (χ4v) is 3.49. The van der Waals surface area contributed by atoms with Gasteiger partial charge in [-0.15, -0.1) is 0 Å². The number of alkyl halides is 3. The van der Waals surface area contributed by atoms with Gasteiger partial charge in [0, 0.05) is 0 Å². The minimum absolute atomic E-state index is 0.0458. The average molecular weight is 393 g/mol. The number of aryl methyl sites for hydroxylation is 1. The minimum atomic E-state index is -4.90. The average Bonchev–Trinajstić information content (AvgIpc) is 2.54. The van der Waals surface area contributed by atoms with E-state index in [1.54, 1.807) is 0 Å². The molecule has 0 aliphatic carbocycles. The second-order valence-corrected chi connectivity index (χ2v) is 8.08. The van der Waals surface area contributed by atoms with E-state index in [2.05, 4.69) is 6.92 Å². The van der Waals surface area contributed by atoms with Gasteiger partial charge < -0.3 is 4.55 Å². The lowest BCUT2D eigenvalue weighted by molar-refractivity contribution is -0.138. The number of hydrogen-bond donors (Lipinski definition) is 0. The Morgan fingerprint density at radius 3 is 1.85 bits per heavy atom. The molecule has 0 N–H and O–H groups in total. The SMILES string of the molecule is CCCCCCCCCCCCc1ccc(S(=O)(=O)[O-])cc1C(F)(F)F. The van der Waals surface area contributed by atoms with Gasteiger partial charge in [0.05, 0.1) is 10.5 Å². The van der Waals surface area contributed by atoms with Crippen molar-refractivity contribution in [3.8, 4) is 0 Å². The lowest BCUT2D eigenvalue weighted by Gasteiger charge is -2.16. The van der Waals surface area contributed by atoms with Gasteiger partial charge in [0.25, 0.3) is 0 Å². The summed E-state index contributed by atoms with van der Waals surface area (Å²) in [5, 5.41) is 0. The first-order valence-electron chi connectivity index (χ1n) is 9.32. The highest BCUT2D eigenvalue weighted by molar-refractivity contribution is 7.85. The van der Waals surface area contributed by atoms with Crippen molar-refractivity contribution >= 4 is 10.1 Å². The molecule has 0 amide bonds. The number of halogens is 3. The van der Waals surface area contributed by atoms with Gasteiger partial charge in [-0.3, -0.25) is 0 Å². The summed E-state index contributed by atoms with van der Waals surface area (Å²) in [6, 6.07) is 2.53. The van der Waals surface area contributed by atoms with Gasteiger partial charge in [-0.1, -0.05) is 70.8 Å². The zero-order valence-electron chi connectivity index (χ0n) is 15.3. The molecule has 150 valence electrons. The van der Waals surface area contributed by atoms with Crippen LogP contribution in [0, 0.1) is 0 Å². The Labute approximate surface area is 154 Å². The van der Waals surface area contributed by atoms with Crippen LogP contribution in [0.3, 0.4) is 0 Å². The summed E-state index contributed by atoms with van der Waals surface area (Å²) in [6.07, 6.45) is 6.47. The molecule has 0 aliphatic heterocycles. The van der Waals surface area contributed by atoms with Crippen molar-refractivity contribution in [3.05, 3.63) is 29.3 Å². The summed E-state index contributed by atoms with van der Waals surface area (Å²) in [5.74, 6) is 0. The molecular weight excluding hydrogens is 365 g/mol. The largest absolute Gasteiger partial charge is 0.744 e. The Morgan fingerprint density at radius 2 is 1.38 bits per heavy atom. The van der Waals surface area contributed by atoms with E-state index in [0.29, 0.717) is 12.5 Å². The van der Waals surface area contributed by atoms with Crippen molar-refractivity contribution in [1.82, 2.24) is 0 Å². The second kappa shape index (κ2) is 10.9. The normalized spacial score (nSPS) is 12.5. The third-order valence-electron chi connectivity index (χ3n) is 4.48. The topological polar surface area (TPSA) is 57.2 Å². The summed E-state index contributed by atoms with van der Waals surface area (Å²) in [6.45, 7) is 2.18. The quantitative estimate of drug-likeness (QED) is 0.320. The van der Waals surface area contributed by atoms with Crippen molar-refractivity contribution in [3.63, 3.8) is 0 Å².